The molecule has 152 valence electrons. The number of thiazole rings is 1. The minimum Gasteiger partial charge on any atom is -0.283 e. The molecule has 1 aromatic heterocycles. The first kappa shape index (κ1) is 19.7. The van der Waals surface area contributed by atoms with Crippen LogP contribution in [0.5, 0.6) is 0 Å². The molecule has 0 saturated heterocycles. The summed E-state index contributed by atoms with van der Waals surface area (Å²) < 4.78 is 0.971. The lowest BCUT2D eigenvalue weighted by Crippen LogP contribution is -2.31. The molecule has 0 aliphatic carbocycles. The molecule has 5 rings (SSSR count). The van der Waals surface area contributed by atoms with Crippen molar-refractivity contribution in [3.8, 4) is 0 Å². The molecule has 0 atom stereocenters. The summed E-state index contributed by atoms with van der Waals surface area (Å²) >= 11 is 7.64. The summed E-state index contributed by atoms with van der Waals surface area (Å²) in [6.45, 7) is 0.473. The summed E-state index contributed by atoms with van der Waals surface area (Å²) in [5.74, 6) is 0.0179. The van der Waals surface area contributed by atoms with Gasteiger partial charge < -0.3 is 0 Å². The Labute approximate surface area is 189 Å². The van der Waals surface area contributed by atoms with E-state index in [1.165, 1.54) is 16.7 Å². The van der Waals surface area contributed by atoms with Crippen LogP contribution in [0.2, 0.25) is 5.02 Å². The number of anilines is 1. The van der Waals surface area contributed by atoms with Crippen molar-refractivity contribution in [1.82, 2.24) is 4.98 Å². The Morgan fingerprint density at radius 3 is 2.45 bits per heavy atom. The van der Waals surface area contributed by atoms with Crippen LogP contribution in [0.15, 0.2) is 91.0 Å². The van der Waals surface area contributed by atoms with Crippen molar-refractivity contribution in [2.24, 2.45) is 0 Å². The predicted molar refractivity (Wildman–Crippen MR) is 130 cm³/mol. The first-order valence-electron chi connectivity index (χ1n) is 10.0. The van der Waals surface area contributed by atoms with Gasteiger partial charge in [-0.3, -0.25) is 9.69 Å². The lowest BCUT2D eigenvalue weighted by atomic mass is 10.0. The predicted octanol–water partition coefficient (Wildman–Crippen LogP) is 6.88. The van der Waals surface area contributed by atoms with Crippen LogP contribution in [0, 0.1) is 0 Å². The van der Waals surface area contributed by atoms with Gasteiger partial charge >= 0.3 is 0 Å². The van der Waals surface area contributed by atoms with Crippen molar-refractivity contribution in [3.05, 3.63) is 107 Å². The molecule has 1 heterocycles. The van der Waals surface area contributed by atoms with Gasteiger partial charge in [-0.25, -0.2) is 4.98 Å². The number of nitrogens with zero attached hydrogens (tertiary/aromatic N) is 2. The summed E-state index contributed by atoms with van der Waals surface area (Å²) in [4.78, 5) is 20.0. The Kier molecular flexibility index (Phi) is 5.41. The number of hydrogen-bond acceptors (Lipinski definition) is 3. The molecule has 0 radical (unpaired) electrons. The van der Waals surface area contributed by atoms with Gasteiger partial charge in [-0.15, -0.1) is 0 Å². The average Bonchev–Trinajstić information content (AvgIpc) is 3.20. The van der Waals surface area contributed by atoms with Crippen molar-refractivity contribution in [2.75, 3.05) is 4.90 Å². The first-order valence-corrected chi connectivity index (χ1v) is 11.2. The molecule has 1 amide bonds. The summed E-state index contributed by atoms with van der Waals surface area (Å²) in [6.07, 6.45) is 0.314. The second kappa shape index (κ2) is 8.50. The normalized spacial score (nSPS) is 11.1. The van der Waals surface area contributed by atoms with Crippen LogP contribution in [-0.4, -0.2) is 10.9 Å². The van der Waals surface area contributed by atoms with E-state index in [0.717, 1.165) is 26.7 Å². The minimum atomic E-state index is 0.0179. The Hall–Kier alpha value is -3.21. The lowest BCUT2D eigenvalue weighted by Gasteiger charge is -2.20. The minimum absolute atomic E-state index is 0.0179. The van der Waals surface area contributed by atoms with Crippen LogP contribution in [0.1, 0.15) is 11.1 Å². The smallest absolute Gasteiger partial charge is 0.233 e. The van der Waals surface area contributed by atoms with Crippen LogP contribution >= 0.6 is 22.9 Å². The fraction of sp³-hybridized carbons (Fsp3) is 0.0769. The quantitative estimate of drug-likeness (QED) is 0.297. The molecule has 0 spiro atoms. The maximum atomic E-state index is 13.5. The molecule has 0 aliphatic heterocycles. The van der Waals surface area contributed by atoms with Crippen molar-refractivity contribution >= 4 is 55.0 Å². The molecule has 0 saturated carbocycles. The molecule has 0 N–H and O–H groups in total. The molecule has 3 nitrogen and oxygen atoms in total. The second-order valence-corrected chi connectivity index (χ2v) is 8.88. The van der Waals surface area contributed by atoms with E-state index in [1.54, 1.807) is 4.90 Å². The number of benzene rings is 4. The van der Waals surface area contributed by atoms with Gasteiger partial charge in [0.05, 0.1) is 23.2 Å². The summed E-state index contributed by atoms with van der Waals surface area (Å²) in [6, 6.07) is 30.0. The highest BCUT2D eigenvalue weighted by molar-refractivity contribution is 7.22. The highest BCUT2D eigenvalue weighted by Gasteiger charge is 2.21. The third kappa shape index (κ3) is 4.31. The van der Waals surface area contributed by atoms with Crippen LogP contribution in [0.4, 0.5) is 5.13 Å². The van der Waals surface area contributed by atoms with Gasteiger partial charge in [0.1, 0.15) is 0 Å². The van der Waals surface area contributed by atoms with E-state index in [4.69, 9.17) is 16.6 Å². The van der Waals surface area contributed by atoms with Crippen LogP contribution in [0.25, 0.3) is 21.0 Å². The van der Waals surface area contributed by atoms with Crippen LogP contribution in [0.3, 0.4) is 0 Å². The molecule has 0 fully saturated rings. The summed E-state index contributed by atoms with van der Waals surface area (Å²) in [7, 11) is 0. The third-order valence-electron chi connectivity index (χ3n) is 5.22. The molecular formula is C26H19ClN2OS. The summed E-state index contributed by atoms with van der Waals surface area (Å²) in [5, 5.41) is 3.66. The van der Waals surface area contributed by atoms with E-state index in [0.29, 0.717) is 23.1 Å². The van der Waals surface area contributed by atoms with Crippen molar-refractivity contribution in [2.45, 2.75) is 13.0 Å². The van der Waals surface area contributed by atoms with Gasteiger partial charge in [0, 0.05) is 5.02 Å². The number of hydrogen-bond donors (Lipinski definition) is 0. The molecule has 0 unspecified atom stereocenters. The van der Waals surface area contributed by atoms with Crippen molar-refractivity contribution < 1.29 is 4.79 Å². The topological polar surface area (TPSA) is 33.2 Å². The Morgan fingerprint density at radius 2 is 1.61 bits per heavy atom. The van der Waals surface area contributed by atoms with Gasteiger partial charge in [0.2, 0.25) is 5.91 Å². The number of rotatable bonds is 5. The zero-order chi connectivity index (χ0) is 21.2. The standard InChI is InChI=1S/C26H19ClN2OS/c27-22-12-13-23-24(16-22)31-26(28-23)29(17-18-6-2-1-3-7-18)25(30)15-19-10-11-20-8-4-5-9-21(20)14-19/h1-14,16H,15,17H2. The molecule has 0 aliphatic rings. The van der Waals surface area contributed by atoms with E-state index in [1.807, 2.05) is 66.7 Å². The number of amides is 1. The van der Waals surface area contributed by atoms with Gasteiger partial charge in [-0.1, -0.05) is 95.7 Å². The maximum Gasteiger partial charge on any atom is 0.233 e. The highest BCUT2D eigenvalue weighted by atomic mass is 35.5. The van der Waals surface area contributed by atoms with Gasteiger partial charge in [0.15, 0.2) is 5.13 Å². The van der Waals surface area contributed by atoms with Crippen molar-refractivity contribution in [3.63, 3.8) is 0 Å². The lowest BCUT2D eigenvalue weighted by molar-refractivity contribution is -0.118. The number of halogens is 1. The Balaban J connectivity index is 1.49. The van der Waals surface area contributed by atoms with E-state index in [-0.39, 0.29) is 5.91 Å². The molecule has 0 bridgehead atoms. The van der Waals surface area contributed by atoms with E-state index < -0.39 is 0 Å². The van der Waals surface area contributed by atoms with Gasteiger partial charge in [-0.2, -0.15) is 0 Å². The fourth-order valence-corrected chi connectivity index (χ4v) is 4.91. The highest BCUT2D eigenvalue weighted by Crippen LogP contribution is 2.32. The Bertz CT molecular complexity index is 1380. The number of carbonyl (C=O) groups excluding carboxylic acids is 1. The monoisotopic (exact) mass is 442 g/mol. The molecule has 5 aromatic rings. The molecule has 31 heavy (non-hydrogen) atoms. The Morgan fingerprint density at radius 1 is 0.839 bits per heavy atom. The second-order valence-electron chi connectivity index (χ2n) is 7.43. The number of aromatic nitrogens is 1. The zero-order valence-electron chi connectivity index (χ0n) is 16.7. The third-order valence-corrected chi connectivity index (χ3v) is 6.50. The van der Waals surface area contributed by atoms with Gasteiger partial charge in [0.25, 0.3) is 0 Å². The van der Waals surface area contributed by atoms with Crippen molar-refractivity contribution in [1.29, 1.82) is 0 Å². The number of carbonyl (C=O) groups is 1. The molecular weight excluding hydrogens is 424 g/mol. The average molecular weight is 443 g/mol. The van der Waals surface area contributed by atoms with Crippen LogP contribution in [-0.2, 0) is 17.8 Å². The zero-order valence-corrected chi connectivity index (χ0v) is 18.2. The number of fused-ring (bicyclic) bond motifs is 2. The van der Waals surface area contributed by atoms with Gasteiger partial charge in [-0.05, 0) is 40.1 Å². The van der Waals surface area contributed by atoms with E-state index in [9.17, 15) is 4.79 Å². The maximum absolute atomic E-state index is 13.5. The van der Waals surface area contributed by atoms with Crippen LogP contribution < -0.4 is 4.90 Å². The SMILES string of the molecule is O=C(Cc1ccc2ccccc2c1)N(Cc1ccccc1)c1nc2ccc(Cl)cc2s1. The largest absolute Gasteiger partial charge is 0.283 e. The first-order chi connectivity index (χ1) is 15.2. The summed E-state index contributed by atoms with van der Waals surface area (Å²) in [5.41, 5.74) is 2.90. The molecule has 5 heteroatoms. The molecule has 4 aromatic carbocycles. The van der Waals surface area contributed by atoms with E-state index in [2.05, 4.69) is 24.3 Å². The van der Waals surface area contributed by atoms with E-state index >= 15 is 0 Å². The fourth-order valence-electron chi connectivity index (χ4n) is 3.65.